The third-order valence-corrected chi connectivity index (χ3v) is 5.10. The van der Waals surface area contributed by atoms with Crippen LogP contribution in [0.3, 0.4) is 0 Å². The van der Waals surface area contributed by atoms with Crippen LogP contribution in [-0.4, -0.2) is 17.1 Å². The summed E-state index contributed by atoms with van der Waals surface area (Å²) < 4.78 is 5.18. The summed E-state index contributed by atoms with van der Waals surface area (Å²) in [5, 5.41) is 16.4. The van der Waals surface area contributed by atoms with Gasteiger partial charge in [-0.3, -0.25) is 4.98 Å². The normalized spacial score (nSPS) is 11.2. The fourth-order valence-electron chi connectivity index (χ4n) is 2.75. The first-order valence-corrected chi connectivity index (χ1v) is 9.47. The molecule has 4 aromatic rings. The fraction of sp³-hybridized carbons (Fsp3) is 0.0455. The van der Waals surface area contributed by atoms with Crippen molar-refractivity contribution in [1.82, 2.24) is 9.97 Å². The SMILES string of the molecule is COc1ccc(-c2csc(C(C#N)=CNc3ccc4ncccc4c3)n2)cc1. The zero-order chi connectivity index (χ0) is 19.3. The van der Waals surface area contributed by atoms with Crippen molar-refractivity contribution >= 4 is 33.5 Å². The molecule has 2 aromatic carbocycles. The quantitative estimate of drug-likeness (QED) is 0.470. The number of fused-ring (bicyclic) bond motifs is 1. The van der Waals surface area contributed by atoms with Gasteiger partial charge in [-0.25, -0.2) is 4.98 Å². The van der Waals surface area contributed by atoms with Crippen LogP contribution >= 0.6 is 11.3 Å². The zero-order valence-electron chi connectivity index (χ0n) is 15.1. The number of ether oxygens (including phenoxy) is 1. The Morgan fingerprint density at radius 1 is 1.18 bits per heavy atom. The second kappa shape index (κ2) is 7.91. The van der Waals surface area contributed by atoms with Gasteiger partial charge in [0, 0.05) is 34.4 Å². The Labute approximate surface area is 166 Å². The lowest BCUT2D eigenvalue weighted by Crippen LogP contribution is -1.91. The van der Waals surface area contributed by atoms with E-state index in [0.29, 0.717) is 10.6 Å². The van der Waals surface area contributed by atoms with Crippen LogP contribution in [0, 0.1) is 11.3 Å². The van der Waals surface area contributed by atoms with Crippen molar-refractivity contribution in [3.8, 4) is 23.1 Å². The molecular formula is C22H16N4OS. The molecule has 2 aromatic heterocycles. The molecule has 4 rings (SSSR count). The van der Waals surface area contributed by atoms with Gasteiger partial charge in [0.15, 0.2) is 0 Å². The van der Waals surface area contributed by atoms with Gasteiger partial charge < -0.3 is 10.1 Å². The molecule has 0 spiro atoms. The Balaban J connectivity index is 1.56. The lowest BCUT2D eigenvalue weighted by molar-refractivity contribution is 0.415. The van der Waals surface area contributed by atoms with E-state index in [1.54, 1.807) is 19.5 Å². The predicted molar refractivity (Wildman–Crippen MR) is 113 cm³/mol. The van der Waals surface area contributed by atoms with Crippen molar-refractivity contribution in [2.45, 2.75) is 0 Å². The minimum atomic E-state index is 0.482. The van der Waals surface area contributed by atoms with Crippen LogP contribution < -0.4 is 10.1 Å². The maximum atomic E-state index is 9.56. The molecule has 0 aliphatic heterocycles. The van der Waals surface area contributed by atoms with Gasteiger partial charge in [0.05, 0.1) is 18.3 Å². The van der Waals surface area contributed by atoms with Crippen LogP contribution in [0.4, 0.5) is 5.69 Å². The monoisotopic (exact) mass is 384 g/mol. The highest BCUT2D eigenvalue weighted by molar-refractivity contribution is 7.11. The highest BCUT2D eigenvalue weighted by atomic mass is 32.1. The van der Waals surface area contributed by atoms with Gasteiger partial charge in [-0.2, -0.15) is 5.26 Å². The van der Waals surface area contributed by atoms with Crippen LogP contribution in [-0.2, 0) is 0 Å². The molecule has 5 nitrogen and oxygen atoms in total. The molecule has 0 amide bonds. The first kappa shape index (κ1) is 17.7. The highest BCUT2D eigenvalue weighted by Crippen LogP contribution is 2.27. The molecule has 0 radical (unpaired) electrons. The number of nitrogens with one attached hydrogen (secondary N) is 1. The van der Waals surface area contributed by atoms with Crippen molar-refractivity contribution in [1.29, 1.82) is 5.26 Å². The number of nitrogens with zero attached hydrogens (tertiary/aromatic N) is 3. The third kappa shape index (κ3) is 3.70. The Bertz CT molecular complexity index is 1190. The summed E-state index contributed by atoms with van der Waals surface area (Å²) in [6.07, 6.45) is 3.46. The molecule has 0 saturated carbocycles. The van der Waals surface area contributed by atoms with E-state index in [1.165, 1.54) is 11.3 Å². The molecule has 0 aliphatic carbocycles. The number of rotatable bonds is 5. The number of pyridine rings is 1. The van der Waals surface area contributed by atoms with Crippen molar-refractivity contribution in [3.63, 3.8) is 0 Å². The Morgan fingerprint density at radius 3 is 2.82 bits per heavy atom. The maximum absolute atomic E-state index is 9.56. The molecule has 0 aliphatic rings. The van der Waals surface area contributed by atoms with Gasteiger partial charge in [-0.1, -0.05) is 6.07 Å². The average Bonchev–Trinajstić information content (AvgIpc) is 3.24. The molecule has 28 heavy (non-hydrogen) atoms. The van der Waals surface area contributed by atoms with Crippen LogP contribution in [0.2, 0.25) is 0 Å². The number of anilines is 1. The van der Waals surface area contributed by atoms with E-state index in [4.69, 9.17) is 4.74 Å². The third-order valence-electron chi connectivity index (χ3n) is 4.23. The summed E-state index contributed by atoms with van der Waals surface area (Å²) in [6, 6.07) is 19.7. The Kier molecular flexibility index (Phi) is 5.00. The molecule has 0 atom stereocenters. The Hall–Kier alpha value is -3.69. The fourth-order valence-corrected chi connectivity index (χ4v) is 3.55. The van der Waals surface area contributed by atoms with E-state index in [0.717, 1.165) is 33.6 Å². The van der Waals surface area contributed by atoms with E-state index in [1.807, 2.05) is 60.0 Å². The van der Waals surface area contributed by atoms with E-state index < -0.39 is 0 Å². The standard InChI is InChI=1S/C22H16N4OS/c1-27-19-7-4-15(5-8-19)21-14-28-22(26-21)17(12-23)13-25-18-6-9-20-16(11-18)3-2-10-24-20/h2-11,13-14,25H,1H3. The number of benzene rings is 2. The number of hydrogen-bond acceptors (Lipinski definition) is 6. The number of nitriles is 1. The molecular weight excluding hydrogens is 368 g/mol. The topological polar surface area (TPSA) is 70.8 Å². The molecule has 0 fully saturated rings. The number of allylic oxidation sites excluding steroid dienone is 1. The van der Waals surface area contributed by atoms with Crippen molar-refractivity contribution < 1.29 is 4.74 Å². The van der Waals surface area contributed by atoms with Gasteiger partial charge in [0.2, 0.25) is 0 Å². The summed E-state index contributed by atoms with van der Waals surface area (Å²) in [5.41, 5.74) is 4.12. The number of aromatic nitrogens is 2. The Morgan fingerprint density at radius 2 is 2.04 bits per heavy atom. The number of methoxy groups -OCH3 is 1. The summed E-state index contributed by atoms with van der Waals surface area (Å²) in [4.78, 5) is 8.92. The molecule has 2 heterocycles. The summed E-state index contributed by atoms with van der Waals surface area (Å²) in [6.45, 7) is 0. The van der Waals surface area contributed by atoms with E-state index in [9.17, 15) is 5.26 Å². The minimum Gasteiger partial charge on any atom is -0.497 e. The maximum Gasteiger partial charge on any atom is 0.136 e. The summed E-state index contributed by atoms with van der Waals surface area (Å²) in [7, 11) is 1.64. The van der Waals surface area contributed by atoms with Crippen LogP contribution in [0.15, 0.2) is 72.4 Å². The summed E-state index contributed by atoms with van der Waals surface area (Å²) >= 11 is 1.44. The first-order chi connectivity index (χ1) is 13.8. The lowest BCUT2D eigenvalue weighted by Gasteiger charge is -2.03. The second-order valence-corrected chi connectivity index (χ2v) is 6.85. The van der Waals surface area contributed by atoms with Gasteiger partial charge in [-0.05, 0) is 48.5 Å². The zero-order valence-corrected chi connectivity index (χ0v) is 15.9. The smallest absolute Gasteiger partial charge is 0.136 e. The van der Waals surface area contributed by atoms with Crippen LogP contribution in [0.5, 0.6) is 5.75 Å². The molecule has 136 valence electrons. The predicted octanol–water partition coefficient (Wildman–Crippen LogP) is 5.34. The number of hydrogen-bond donors (Lipinski definition) is 1. The van der Waals surface area contributed by atoms with Crippen LogP contribution in [0.25, 0.3) is 27.7 Å². The van der Waals surface area contributed by atoms with E-state index in [2.05, 4.69) is 21.4 Å². The van der Waals surface area contributed by atoms with Gasteiger partial charge in [0.1, 0.15) is 22.4 Å². The van der Waals surface area contributed by atoms with Crippen LogP contribution in [0.1, 0.15) is 5.01 Å². The number of thiazole rings is 1. The van der Waals surface area contributed by atoms with Crippen molar-refractivity contribution in [2.24, 2.45) is 0 Å². The largest absolute Gasteiger partial charge is 0.497 e. The molecule has 0 unspecified atom stereocenters. The summed E-state index contributed by atoms with van der Waals surface area (Å²) in [5.74, 6) is 0.798. The van der Waals surface area contributed by atoms with Gasteiger partial charge >= 0.3 is 0 Å². The van der Waals surface area contributed by atoms with Gasteiger partial charge in [-0.15, -0.1) is 11.3 Å². The van der Waals surface area contributed by atoms with Crippen molar-refractivity contribution in [3.05, 3.63) is 77.4 Å². The van der Waals surface area contributed by atoms with E-state index in [-0.39, 0.29) is 0 Å². The minimum absolute atomic E-state index is 0.482. The van der Waals surface area contributed by atoms with Crippen molar-refractivity contribution in [2.75, 3.05) is 12.4 Å². The molecule has 0 bridgehead atoms. The molecule has 6 heteroatoms. The first-order valence-electron chi connectivity index (χ1n) is 8.59. The van der Waals surface area contributed by atoms with Gasteiger partial charge in [0.25, 0.3) is 0 Å². The highest BCUT2D eigenvalue weighted by Gasteiger charge is 2.09. The lowest BCUT2D eigenvalue weighted by atomic mass is 10.2. The second-order valence-electron chi connectivity index (χ2n) is 5.99. The molecule has 1 N–H and O–H groups in total. The average molecular weight is 384 g/mol. The molecule has 0 saturated heterocycles. The van der Waals surface area contributed by atoms with E-state index >= 15 is 0 Å².